The molecule has 0 amide bonds. The summed E-state index contributed by atoms with van der Waals surface area (Å²) in [7, 11) is 0. The topological polar surface area (TPSA) is 61.8 Å². The number of ether oxygens (including phenoxy) is 1. The second kappa shape index (κ2) is 11.5. The van der Waals surface area contributed by atoms with Gasteiger partial charge in [0.05, 0.1) is 18.6 Å². The van der Waals surface area contributed by atoms with Gasteiger partial charge in [0.15, 0.2) is 0 Å². The van der Waals surface area contributed by atoms with Crippen LogP contribution < -0.4 is 5.32 Å². The number of carboxylic acid groups (broad SMARTS) is 1. The molecule has 0 unspecified atom stereocenters. The molecule has 0 saturated carbocycles. The van der Waals surface area contributed by atoms with Gasteiger partial charge in [-0.3, -0.25) is 4.79 Å². The monoisotopic (exact) mass is 368 g/mol. The van der Waals surface area contributed by atoms with E-state index >= 15 is 0 Å². The Labute approximate surface area is 155 Å². The molecule has 5 nitrogen and oxygen atoms in total. The number of carbonyl (C=O) groups is 1. The van der Waals surface area contributed by atoms with E-state index in [0.29, 0.717) is 18.8 Å². The Morgan fingerprint density at radius 2 is 1.72 bits per heavy atom. The van der Waals surface area contributed by atoms with E-state index < -0.39 is 5.97 Å². The number of nitrogens with one attached hydrogen (secondary N) is 1. The highest BCUT2D eigenvalue weighted by molar-refractivity contribution is 6.30. The fourth-order valence-electron chi connectivity index (χ4n) is 3.14. The van der Waals surface area contributed by atoms with Crippen LogP contribution in [0.4, 0.5) is 0 Å². The Balaban J connectivity index is 0.000000269. The Morgan fingerprint density at radius 1 is 1.12 bits per heavy atom. The zero-order valence-electron chi connectivity index (χ0n) is 14.7. The minimum absolute atomic E-state index is 0.250. The van der Waals surface area contributed by atoms with Gasteiger partial charge in [-0.05, 0) is 50.9 Å². The molecule has 0 aromatic heterocycles. The third-order valence-electron chi connectivity index (χ3n) is 4.58. The van der Waals surface area contributed by atoms with Gasteiger partial charge < -0.3 is 20.1 Å². The molecule has 2 heterocycles. The van der Waals surface area contributed by atoms with Crippen LogP contribution in [0.15, 0.2) is 30.3 Å². The highest BCUT2D eigenvalue weighted by atomic mass is 35.5. The first-order valence-corrected chi connectivity index (χ1v) is 9.52. The molecule has 25 heavy (non-hydrogen) atoms. The van der Waals surface area contributed by atoms with Crippen molar-refractivity contribution in [2.75, 3.05) is 32.7 Å². The third kappa shape index (κ3) is 8.68. The molecule has 0 aliphatic carbocycles. The first kappa shape index (κ1) is 20.2. The minimum Gasteiger partial charge on any atom is -0.481 e. The van der Waals surface area contributed by atoms with Gasteiger partial charge in [0.25, 0.3) is 0 Å². The lowest BCUT2D eigenvalue weighted by molar-refractivity contribution is -0.137. The Bertz CT molecular complexity index is 487. The molecule has 0 bridgehead atoms. The maximum atomic E-state index is 10.5. The highest BCUT2D eigenvalue weighted by Crippen LogP contribution is 2.19. The fraction of sp³-hybridized carbons (Fsp3) is 0.632. The van der Waals surface area contributed by atoms with Crippen molar-refractivity contribution < 1.29 is 14.6 Å². The summed E-state index contributed by atoms with van der Waals surface area (Å²) in [5.41, 5.74) is 0. The summed E-state index contributed by atoms with van der Waals surface area (Å²) >= 11 is 5.54. The van der Waals surface area contributed by atoms with Gasteiger partial charge in [0, 0.05) is 24.7 Å². The second-order valence-electron chi connectivity index (χ2n) is 6.57. The number of nitrogens with zero attached hydrogens (tertiary/aromatic N) is 1. The van der Waals surface area contributed by atoms with Crippen LogP contribution in [0.25, 0.3) is 0 Å². The number of hydrogen-bond acceptors (Lipinski definition) is 4. The van der Waals surface area contributed by atoms with Crippen LogP contribution in [0.2, 0.25) is 5.02 Å². The summed E-state index contributed by atoms with van der Waals surface area (Å²) in [4.78, 5) is 12.7. The predicted octanol–water partition coefficient (Wildman–Crippen LogP) is 3.03. The minimum atomic E-state index is -0.705. The highest BCUT2D eigenvalue weighted by Gasteiger charge is 2.23. The zero-order valence-corrected chi connectivity index (χ0v) is 15.5. The van der Waals surface area contributed by atoms with Gasteiger partial charge in [0.1, 0.15) is 0 Å². The third-order valence-corrected chi connectivity index (χ3v) is 4.83. The number of piperidine rings is 2. The Kier molecular flexibility index (Phi) is 9.26. The molecule has 0 radical (unpaired) electrons. The maximum absolute atomic E-state index is 10.5. The SMILES string of the molecule is Clc1ccccc1.O=C(O)CCN1CCC(OC2CCNCC2)CC1. The Hall–Kier alpha value is -1.14. The molecule has 2 aliphatic heterocycles. The molecule has 1 aromatic carbocycles. The van der Waals surface area contributed by atoms with Crippen LogP contribution in [0.3, 0.4) is 0 Å². The summed E-state index contributed by atoms with van der Waals surface area (Å²) in [6.07, 6.45) is 5.40. The molecule has 0 spiro atoms. The number of rotatable bonds is 5. The summed E-state index contributed by atoms with van der Waals surface area (Å²) < 4.78 is 6.12. The average molecular weight is 369 g/mol. The lowest BCUT2D eigenvalue weighted by Crippen LogP contribution is -2.41. The molecule has 2 saturated heterocycles. The van der Waals surface area contributed by atoms with Crippen molar-refractivity contribution in [2.24, 2.45) is 0 Å². The number of halogens is 1. The van der Waals surface area contributed by atoms with Crippen LogP contribution >= 0.6 is 11.6 Å². The number of aliphatic carboxylic acids is 1. The lowest BCUT2D eigenvalue weighted by atomic mass is 10.1. The number of benzene rings is 1. The molecule has 6 heteroatoms. The quantitative estimate of drug-likeness (QED) is 0.836. The van der Waals surface area contributed by atoms with Gasteiger partial charge in [-0.1, -0.05) is 29.8 Å². The summed E-state index contributed by atoms with van der Waals surface area (Å²) in [5, 5.41) is 12.8. The summed E-state index contributed by atoms with van der Waals surface area (Å²) in [6.45, 7) is 4.77. The van der Waals surface area contributed by atoms with E-state index in [2.05, 4.69) is 10.2 Å². The van der Waals surface area contributed by atoms with Crippen molar-refractivity contribution in [1.82, 2.24) is 10.2 Å². The van der Waals surface area contributed by atoms with E-state index in [9.17, 15) is 4.79 Å². The van der Waals surface area contributed by atoms with E-state index in [-0.39, 0.29) is 6.42 Å². The lowest BCUT2D eigenvalue weighted by Gasteiger charge is -2.34. The van der Waals surface area contributed by atoms with Gasteiger partial charge in [0.2, 0.25) is 0 Å². The molecular formula is C19H29ClN2O3. The number of carboxylic acids is 1. The van der Waals surface area contributed by atoms with E-state index in [1.807, 2.05) is 30.3 Å². The zero-order chi connectivity index (χ0) is 17.9. The van der Waals surface area contributed by atoms with Crippen molar-refractivity contribution in [3.05, 3.63) is 35.4 Å². The smallest absolute Gasteiger partial charge is 0.304 e. The van der Waals surface area contributed by atoms with Crippen LogP contribution in [0, 0.1) is 0 Å². The van der Waals surface area contributed by atoms with E-state index in [1.54, 1.807) is 0 Å². The molecule has 2 N–H and O–H groups in total. The van der Waals surface area contributed by atoms with Crippen molar-refractivity contribution in [2.45, 2.75) is 44.3 Å². The second-order valence-corrected chi connectivity index (χ2v) is 7.00. The van der Waals surface area contributed by atoms with Crippen molar-refractivity contribution in [3.63, 3.8) is 0 Å². The summed E-state index contributed by atoms with van der Waals surface area (Å²) in [5.74, 6) is -0.705. The maximum Gasteiger partial charge on any atom is 0.304 e. The van der Waals surface area contributed by atoms with E-state index in [1.165, 1.54) is 0 Å². The van der Waals surface area contributed by atoms with E-state index in [0.717, 1.165) is 56.9 Å². The first-order valence-electron chi connectivity index (χ1n) is 9.14. The normalized spacial score (nSPS) is 19.9. The standard InChI is InChI=1S/C13H24N2O3.C6H5Cl/c16-13(17)5-10-15-8-3-12(4-9-15)18-11-1-6-14-7-2-11;7-6-4-2-1-3-5-6/h11-12,14H,1-10H2,(H,16,17);1-5H. The molecular weight excluding hydrogens is 340 g/mol. The Morgan fingerprint density at radius 3 is 2.24 bits per heavy atom. The van der Waals surface area contributed by atoms with Gasteiger partial charge >= 0.3 is 5.97 Å². The van der Waals surface area contributed by atoms with Crippen molar-refractivity contribution in [3.8, 4) is 0 Å². The first-order chi connectivity index (χ1) is 12.1. The molecule has 3 rings (SSSR count). The molecule has 1 aromatic rings. The predicted molar refractivity (Wildman–Crippen MR) is 100 cm³/mol. The largest absolute Gasteiger partial charge is 0.481 e. The molecule has 0 atom stereocenters. The van der Waals surface area contributed by atoms with E-state index in [4.69, 9.17) is 21.4 Å². The molecule has 2 aliphatic rings. The molecule has 2 fully saturated rings. The average Bonchev–Trinajstić information content (AvgIpc) is 2.63. The van der Waals surface area contributed by atoms with Gasteiger partial charge in [-0.2, -0.15) is 0 Å². The molecule has 140 valence electrons. The van der Waals surface area contributed by atoms with Crippen molar-refractivity contribution in [1.29, 1.82) is 0 Å². The summed E-state index contributed by atoms with van der Waals surface area (Å²) in [6, 6.07) is 9.44. The fourth-order valence-corrected chi connectivity index (χ4v) is 3.29. The van der Waals surface area contributed by atoms with Crippen LogP contribution in [0.1, 0.15) is 32.1 Å². The van der Waals surface area contributed by atoms with Crippen LogP contribution in [0.5, 0.6) is 0 Å². The van der Waals surface area contributed by atoms with Crippen LogP contribution in [-0.2, 0) is 9.53 Å². The number of hydrogen-bond donors (Lipinski definition) is 2. The van der Waals surface area contributed by atoms with Gasteiger partial charge in [-0.15, -0.1) is 0 Å². The van der Waals surface area contributed by atoms with Gasteiger partial charge in [-0.25, -0.2) is 0 Å². The van der Waals surface area contributed by atoms with Crippen molar-refractivity contribution >= 4 is 17.6 Å². The van der Waals surface area contributed by atoms with Crippen LogP contribution in [-0.4, -0.2) is 60.9 Å². The number of likely N-dealkylation sites (tertiary alicyclic amines) is 1.